The largest absolute Gasteiger partial charge is 0.407 e. The maximum Gasteiger partial charge on any atom is 0.261 e. The first kappa shape index (κ1) is 24.4. The lowest BCUT2D eigenvalue weighted by Crippen LogP contribution is -2.66. The summed E-state index contributed by atoms with van der Waals surface area (Å²) >= 11 is 1.70. The van der Waals surface area contributed by atoms with Crippen LogP contribution < -0.4 is 10.4 Å². The maximum absolute atomic E-state index is 7.10. The summed E-state index contributed by atoms with van der Waals surface area (Å²) < 4.78 is 7.10. The molecule has 1 aromatic heterocycles. The molecule has 1 heterocycles. The van der Waals surface area contributed by atoms with Crippen molar-refractivity contribution in [2.24, 2.45) is 5.92 Å². The third kappa shape index (κ3) is 5.77. The summed E-state index contributed by atoms with van der Waals surface area (Å²) in [6.07, 6.45) is 6.59. The van der Waals surface area contributed by atoms with E-state index in [1.807, 2.05) is 12.1 Å². The van der Waals surface area contributed by atoms with Crippen LogP contribution in [0.2, 0.25) is 5.04 Å². The van der Waals surface area contributed by atoms with Crippen LogP contribution in [0.25, 0.3) is 0 Å². The molecule has 2 aromatic carbocycles. The van der Waals surface area contributed by atoms with Crippen molar-refractivity contribution >= 4 is 30.5 Å². The Morgan fingerprint density at radius 1 is 0.938 bits per heavy atom. The van der Waals surface area contributed by atoms with Crippen LogP contribution in [-0.4, -0.2) is 30.1 Å². The molecular weight excluding hydrogens is 428 g/mol. The summed E-state index contributed by atoms with van der Waals surface area (Å²) in [5, 5.41) is 3.77. The van der Waals surface area contributed by atoms with Crippen LogP contribution in [-0.2, 0) is 4.43 Å². The Morgan fingerprint density at radius 2 is 1.47 bits per heavy atom. The van der Waals surface area contributed by atoms with Gasteiger partial charge in [0.1, 0.15) is 0 Å². The highest BCUT2D eigenvalue weighted by molar-refractivity contribution is 7.99. The highest BCUT2D eigenvalue weighted by Crippen LogP contribution is 2.37. The number of hydrogen-bond acceptors (Lipinski definition) is 4. The SMILES string of the molecule is C=C[C@H](CO[Si](c1ccccc1)(c1ccccc1)C(C)(C)C)C[C@H](C)Sc1ncccn1. The average molecular weight is 463 g/mol. The van der Waals surface area contributed by atoms with E-state index in [2.05, 4.69) is 105 Å². The number of thioether (sulfide) groups is 1. The van der Waals surface area contributed by atoms with Gasteiger partial charge >= 0.3 is 0 Å². The van der Waals surface area contributed by atoms with Crippen molar-refractivity contribution in [1.29, 1.82) is 0 Å². The quantitative estimate of drug-likeness (QED) is 0.167. The zero-order valence-electron chi connectivity index (χ0n) is 19.6. The number of nitrogens with zero attached hydrogens (tertiary/aromatic N) is 2. The fraction of sp³-hybridized carbons (Fsp3) is 0.333. The predicted octanol–water partition coefficient (Wildman–Crippen LogP) is 5.73. The van der Waals surface area contributed by atoms with Crippen LogP contribution in [0.1, 0.15) is 34.1 Å². The number of aromatic nitrogens is 2. The molecule has 32 heavy (non-hydrogen) atoms. The first-order chi connectivity index (χ1) is 15.4. The molecule has 2 atom stereocenters. The van der Waals surface area contributed by atoms with Gasteiger partial charge in [0, 0.05) is 24.3 Å². The molecule has 5 heteroatoms. The minimum absolute atomic E-state index is 0.0281. The molecule has 168 valence electrons. The van der Waals surface area contributed by atoms with Crippen molar-refractivity contribution in [3.8, 4) is 0 Å². The zero-order valence-corrected chi connectivity index (χ0v) is 21.4. The van der Waals surface area contributed by atoms with E-state index in [1.165, 1.54) is 10.4 Å². The van der Waals surface area contributed by atoms with Crippen LogP contribution in [0.3, 0.4) is 0 Å². The number of benzene rings is 2. The van der Waals surface area contributed by atoms with E-state index in [9.17, 15) is 0 Å². The molecule has 0 radical (unpaired) electrons. The van der Waals surface area contributed by atoms with Gasteiger partial charge in [-0.3, -0.25) is 0 Å². The molecule has 3 rings (SSSR count). The topological polar surface area (TPSA) is 35.0 Å². The third-order valence-corrected chi connectivity index (χ3v) is 11.8. The molecule has 0 fully saturated rings. The molecule has 0 spiro atoms. The van der Waals surface area contributed by atoms with Gasteiger partial charge in [-0.05, 0) is 33.8 Å². The number of hydrogen-bond donors (Lipinski definition) is 0. The van der Waals surface area contributed by atoms with E-state index in [0.717, 1.165) is 11.6 Å². The molecule has 3 aromatic rings. The highest BCUT2D eigenvalue weighted by atomic mass is 32.2. The summed E-state index contributed by atoms with van der Waals surface area (Å²) in [4.78, 5) is 8.70. The second-order valence-corrected chi connectivity index (χ2v) is 14.9. The van der Waals surface area contributed by atoms with Gasteiger partial charge in [0.05, 0.1) is 0 Å². The lowest BCUT2D eigenvalue weighted by Gasteiger charge is -2.43. The van der Waals surface area contributed by atoms with Crippen molar-refractivity contribution in [2.45, 2.75) is 49.6 Å². The summed E-state index contributed by atoms with van der Waals surface area (Å²) in [5.74, 6) is 0.253. The Hall–Kier alpha value is -2.21. The van der Waals surface area contributed by atoms with Crippen LogP contribution in [0.4, 0.5) is 0 Å². The summed E-state index contributed by atoms with van der Waals surface area (Å²) in [5.41, 5.74) is 0. The van der Waals surface area contributed by atoms with Gasteiger partial charge in [0.2, 0.25) is 0 Å². The van der Waals surface area contributed by atoms with Crippen molar-refractivity contribution in [2.75, 3.05) is 6.61 Å². The molecular formula is C27H34N2OSSi. The molecule has 0 saturated carbocycles. The predicted molar refractivity (Wildman–Crippen MR) is 139 cm³/mol. The van der Waals surface area contributed by atoms with Crippen LogP contribution in [0, 0.1) is 5.92 Å². The van der Waals surface area contributed by atoms with E-state index >= 15 is 0 Å². The van der Waals surface area contributed by atoms with Crippen LogP contribution in [0.5, 0.6) is 0 Å². The van der Waals surface area contributed by atoms with Gasteiger partial charge in [0.15, 0.2) is 5.16 Å². The van der Waals surface area contributed by atoms with E-state index in [1.54, 1.807) is 24.2 Å². The minimum atomic E-state index is -2.53. The monoisotopic (exact) mass is 462 g/mol. The van der Waals surface area contributed by atoms with Crippen LogP contribution >= 0.6 is 11.8 Å². The Labute approximate surface area is 198 Å². The Balaban J connectivity index is 1.85. The molecule has 0 N–H and O–H groups in total. The first-order valence-electron chi connectivity index (χ1n) is 11.2. The second kappa shape index (κ2) is 11.1. The Bertz CT molecular complexity index is 922. The average Bonchev–Trinajstić information content (AvgIpc) is 2.80. The fourth-order valence-corrected chi connectivity index (χ4v) is 9.79. The van der Waals surface area contributed by atoms with Gasteiger partial charge < -0.3 is 4.43 Å². The summed E-state index contributed by atoms with van der Waals surface area (Å²) in [6.45, 7) is 13.9. The fourth-order valence-electron chi connectivity index (χ4n) is 4.23. The van der Waals surface area contributed by atoms with Crippen molar-refractivity contribution in [1.82, 2.24) is 9.97 Å². The lowest BCUT2D eigenvalue weighted by atomic mass is 10.1. The first-order valence-corrected chi connectivity index (χ1v) is 14.0. The third-order valence-electron chi connectivity index (χ3n) is 5.75. The second-order valence-electron chi connectivity index (χ2n) is 9.17. The molecule has 0 bridgehead atoms. The molecule has 0 saturated heterocycles. The highest BCUT2D eigenvalue weighted by Gasteiger charge is 2.50. The normalized spacial score (nSPS) is 14.0. The maximum atomic E-state index is 7.10. The van der Waals surface area contributed by atoms with Gasteiger partial charge in [-0.2, -0.15) is 0 Å². The Kier molecular flexibility index (Phi) is 8.46. The smallest absolute Gasteiger partial charge is 0.261 e. The van der Waals surface area contributed by atoms with E-state index in [0.29, 0.717) is 11.9 Å². The molecule has 0 unspecified atom stereocenters. The zero-order chi connectivity index (χ0) is 23.0. The molecule has 0 aliphatic heterocycles. The van der Waals surface area contributed by atoms with Gasteiger partial charge in [-0.15, -0.1) is 6.58 Å². The summed E-state index contributed by atoms with van der Waals surface area (Å²) in [7, 11) is -2.53. The lowest BCUT2D eigenvalue weighted by molar-refractivity contribution is 0.253. The van der Waals surface area contributed by atoms with E-state index in [-0.39, 0.29) is 11.0 Å². The molecule has 0 aliphatic carbocycles. The van der Waals surface area contributed by atoms with Crippen molar-refractivity contribution in [3.05, 3.63) is 91.8 Å². The van der Waals surface area contributed by atoms with E-state index < -0.39 is 8.32 Å². The van der Waals surface area contributed by atoms with Gasteiger partial charge in [0.25, 0.3) is 8.32 Å². The minimum Gasteiger partial charge on any atom is -0.407 e. The van der Waals surface area contributed by atoms with E-state index in [4.69, 9.17) is 4.43 Å². The Morgan fingerprint density at radius 3 is 1.94 bits per heavy atom. The van der Waals surface area contributed by atoms with Crippen molar-refractivity contribution in [3.63, 3.8) is 0 Å². The van der Waals surface area contributed by atoms with Crippen molar-refractivity contribution < 1.29 is 4.43 Å². The molecule has 3 nitrogen and oxygen atoms in total. The van der Waals surface area contributed by atoms with Gasteiger partial charge in [-0.1, -0.05) is 106 Å². The van der Waals surface area contributed by atoms with Gasteiger partial charge in [-0.25, -0.2) is 9.97 Å². The van der Waals surface area contributed by atoms with Crippen LogP contribution in [0.15, 0.2) is 96.9 Å². The molecule has 0 amide bonds. The number of rotatable bonds is 10. The summed E-state index contributed by atoms with van der Waals surface area (Å²) in [6, 6.07) is 23.4. The standard InChI is InChI=1S/C27H34N2OSSi/c1-6-23(20-22(2)31-26-28-18-13-19-29-26)21-30-32(27(3,4)5,24-14-9-7-10-15-24)25-16-11-8-12-17-25/h6-19,22-23H,1,20-21H2,2-5H3/t22-,23-/m0/s1. The molecule has 0 aliphatic rings.